The van der Waals surface area contributed by atoms with Crippen molar-refractivity contribution in [1.29, 1.82) is 0 Å². The van der Waals surface area contributed by atoms with Crippen molar-refractivity contribution in [2.45, 2.75) is 59.4 Å². The molecular weight excluding hydrogens is 330 g/mol. The molecule has 0 unspecified atom stereocenters. The summed E-state index contributed by atoms with van der Waals surface area (Å²) in [5.74, 6) is -0.631. The SMILES string of the molecule is [2H]C([2H])([2H])Oc1nnc(CO)cc1N(C(=O)OC(C)(C)C)C(=O)OC(C)(C)C. The lowest BCUT2D eigenvalue weighted by Crippen LogP contribution is -2.44. The predicted molar refractivity (Wildman–Crippen MR) is 89.5 cm³/mol. The van der Waals surface area contributed by atoms with Crippen LogP contribution in [-0.4, -0.2) is 45.7 Å². The summed E-state index contributed by atoms with van der Waals surface area (Å²) in [5.41, 5.74) is -2.37. The normalized spacial score (nSPS) is 14.0. The second-order valence-corrected chi connectivity index (χ2v) is 7.08. The Balaban J connectivity index is 3.54. The Labute approximate surface area is 151 Å². The molecule has 0 saturated heterocycles. The van der Waals surface area contributed by atoms with Crippen molar-refractivity contribution in [3.8, 4) is 5.88 Å². The second kappa shape index (κ2) is 7.64. The maximum absolute atomic E-state index is 12.7. The standard InChI is InChI=1S/C16H25N3O6/c1-15(2,3)24-13(21)19(14(22)25-16(4,5)6)11-8-10(9-20)17-18-12(11)23-7/h8,20H,9H2,1-7H3/i7D3. The van der Waals surface area contributed by atoms with E-state index in [1.807, 2.05) is 0 Å². The lowest BCUT2D eigenvalue weighted by Gasteiger charge is -2.28. The number of carbonyl (C=O) groups excluding carboxylic acids is 2. The number of rotatable bonds is 3. The van der Waals surface area contributed by atoms with Crippen molar-refractivity contribution in [1.82, 2.24) is 10.2 Å². The van der Waals surface area contributed by atoms with Gasteiger partial charge in [-0.2, -0.15) is 4.90 Å². The molecular formula is C16H25N3O6. The van der Waals surface area contributed by atoms with Gasteiger partial charge in [0.2, 0.25) is 0 Å². The molecule has 9 nitrogen and oxygen atoms in total. The van der Waals surface area contributed by atoms with Gasteiger partial charge in [0.25, 0.3) is 5.88 Å². The van der Waals surface area contributed by atoms with Gasteiger partial charge in [0.05, 0.1) is 23.5 Å². The highest BCUT2D eigenvalue weighted by Crippen LogP contribution is 2.29. The maximum atomic E-state index is 12.7. The van der Waals surface area contributed by atoms with E-state index in [0.29, 0.717) is 4.90 Å². The summed E-state index contributed by atoms with van der Waals surface area (Å²) in [7, 11) is -2.93. The van der Waals surface area contributed by atoms with E-state index in [9.17, 15) is 14.7 Å². The maximum Gasteiger partial charge on any atom is 0.424 e. The summed E-state index contributed by atoms with van der Waals surface area (Å²) in [6.45, 7) is 8.93. The predicted octanol–water partition coefficient (Wildman–Crippen LogP) is 2.65. The number of anilines is 1. The first kappa shape index (κ1) is 16.1. The van der Waals surface area contributed by atoms with Gasteiger partial charge < -0.3 is 19.3 Å². The molecule has 0 aliphatic carbocycles. The van der Waals surface area contributed by atoms with E-state index >= 15 is 0 Å². The highest BCUT2D eigenvalue weighted by molar-refractivity contribution is 6.10. The molecule has 1 heterocycles. The molecule has 0 spiro atoms. The first-order chi connectivity index (χ1) is 12.5. The molecule has 2 amide bonds. The van der Waals surface area contributed by atoms with Crippen LogP contribution < -0.4 is 9.64 Å². The van der Waals surface area contributed by atoms with Crippen LogP contribution in [0.3, 0.4) is 0 Å². The smallest absolute Gasteiger partial charge is 0.424 e. The number of hydrogen-bond donors (Lipinski definition) is 1. The van der Waals surface area contributed by atoms with Gasteiger partial charge in [0.1, 0.15) is 16.9 Å². The molecule has 1 aromatic heterocycles. The van der Waals surface area contributed by atoms with E-state index in [1.54, 1.807) is 41.5 Å². The van der Waals surface area contributed by atoms with Crippen molar-refractivity contribution in [2.75, 3.05) is 11.9 Å². The third-order valence-electron chi connectivity index (χ3n) is 2.44. The average Bonchev–Trinajstić information content (AvgIpc) is 2.43. The van der Waals surface area contributed by atoms with Gasteiger partial charge in [-0.05, 0) is 47.6 Å². The Kier molecular flexibility index (Phi) is 4.91. The summed E-state index contributed by atoms with van der Waals surface area (Å²) in [5, 5.41) is 16.5. The first-order valence-electron chi connectivity index (χ1n) is 8.95. The zero-order valence-electron chi connectivity index (χ0n) is 18.1. The van der Waals surface area contributed by atoms with Crippen molar-refractivity contribution in [3.63, 3.8) is 0 Å². The number of aromatic nitrogens is 2. The van der Waals surface area contributed by atoms with Crippen LogP contribution in [0, 0.1) is 0 Å². The summed E-state index contributed by atoms with van der Waals surface area (Å²) >= 11 is 0. The van der Waals surface area contributed by atoms with Gasteiger partial charge in [0, 0.05) is 0 Å². The summed E-state index contributed by atoms with van der Waals surface area (Å²) in [6.07, 6.45) is -2.29. The minimum Gasteiger partial charge on any atom is -0.478 e. The number of imide groups is 1. The van der Waals surface area contributed by atoms with Crippen molar-refractivity contribution >= 4 is 17.9 Å². The zero-order valence-corrected chi connectivity index (χ0v) is 15.1. The van der Waals surface area contributed by atoms with E-state index in [4.69, 9.17) is 18.3 Å². The third-order valence-corrected chi connectivity index (χ3v) is 2.44. The fraction of sp³-hybridized carbons (Fsp3) is 0.625. The van der Waals surface area contributed by atoms with Crippen molar-refractivity contribution in [3.05, 3.63) is 11.8 Å². The average molecular weight is 358 g/mol. The van der Waals surface area contributed by atoms with Crippen LogP contribution in [0.15, 0.2) is 6.07 Å². The number of aliphatic hydroxyl groups excluding tert-OH is 1. The van der Waals surface area contributed by atoms with Crippen LogP contribution in [0.25, 0.3) is 0 Å². The van der Waals surface area contributed by atoms with Crippen LogP contribution in [0.2, 0.25) is 0 Å². The molecule has 25 heavy (non-hydrogen) atoms. The first-order valence-corrected chi connectivity index (χ1v) is 7.45. The molecule has 0 saturated carbocycles. The molecule has 0 atom stereocenters. The fourth-order valence-corrected chi connectivity index (χ4v) is 1.61. The van der Waals surface area contributed by atoms with E-state index in [2.05, 4.69) is 10.2 Å². The molecule has 0 aliphatic heterocycles. The van der Waals surface area contributed by atoms with Crippen molar-refractivity contribution in [2.24, 2.45) is 0 Å². The molecule has 9 heteroatoms. The minimum atomic E-state index is -2.93. The van der Waals surface area contributed by atoms with Gasteiger partial charge in [-0.1, -0.05) is 0 Å². The van der Waals surface area contributed by atoms with E-state index in [0.717, 1.165) is 6.07 Å². The molecule has 0 fully saturated rings. The largest absolute Gasteiger partial charge is 0.478 e. The third kappa shape index (κ3) is 6.18. The molecule has 140 valence electrons. The van der Waals surface area contributed by atoms with Crippen LogP contribution in [0.4, 0.5) is 15.3 Å². The number of carbonyl (C=O) groups is 2. The Morgan fingerprint density at radius 3 is 2.04 bits per heavy atom. The Morgan fingerprint density at radius 2 is 1.64 bits per heavy atom. The van der Waals surface area contributed by atoms with Gasteiger partial charge in [0.15, 0.2) is 0 Å². The topological polar surface area (TPSA) is 111 Å². The molecule has 0 aliphatic rings. The Morgan fingerprint density at radius 1 is 1.12 bits per heavy atom. The zero-order chi connectivity index (χ0) is 21.9. The van der Waals surface area contributed by atoms with Gasteiger partial charge >= 0.3 is 12.2 Å². The molecule has 1 rings (SSSR count). The van der Waals surface area contributed by atoms with Crippen molar-refractivity contribution < 1.29 is 33.0 Å². The molecule has 1 N–H and O–H groups in total. The van der Waals surface area contributed by atoms with Gasteiger partial charge in [-0.15, -0.1) is 10.2 Å². The summed E-state index contributed by atoms with van der Waals surface area (Å²) in [6, 6.07) is 1.09. The Hall–Kier alpha value is -2.42. The number of amides is 2. The molecule has 0 bridgehead atoms. The van der Waals surface area contributed by atoms with Gasteiger partial charge in [-0.25, -0.2) is 9.59 Å². The Bertz CT molecular complexity index is 698. The fourth-order valence-electron chi connectivity index (χ4n) is 1.61. The lowest BCUT2D eigenvalue weighted by atomic mass is 10.2. The number of nitrogens with zero attached hydrogens (tertiary/aromatic N) is 3. The minimum absolute atomic E-state index is 0.0370. The summed E-state index contributed by atoms with van der Waals surface area (Å²) in [4.78, 5) is 25.8. The van der Waals surface area contributed by atoms with Crippen LogP contribution in [0.5, 0.6) is 5.88 Å². The highest BCUT2D eigenvalue weighted by Gasteiger charge is 2.35. The quantitative estimate of drug-likeness (QED) is 0.878. The molecule has 0 radical (unpaired) electrons. The number of hydrogen-bond acceptors (Lipinski definition) is 8. The second-order valence-electron chi connectivity index (χ2n) is 7.08. The van der Waals surface area contributed by atoms with E-state index in [-0.39, 0.29) is 5.69 Å². The number of methoxy groups -OCH3 is 1. The van der Waals surface area contributed by atoms with Crippen LogP contribution in [0.1, 0.15) is 51.3 Å². The van der Waals surface area contributed by atoms with Gasteiger partial charge in [-0.3, -0.25) is 0 Å². The van der Waals surface area contributed by atoms with E-state index < -0.39 is 48.6 Å². The summed E-state index contributed by atoms with van der Waals surface area (Å²) < 4.78 is 37.0. The number of ether oxygens (including phenoxy) is 3. The monoisotopic (exact) mass is 358 g/mol. The lowest BCUT2D eigenvalue weighted by molar-refractivity contribution is 0.0429. The molecule has 0 aromatic carbocycles. The highest BCUT2D eigenvalue weighted by atomic mass is 16.6. The van der Waals surface area contributed by atoms with Crippen LogP contribution >= 0.6 is 0 Å². The molecule has 1 aromatic rings. The number of aliphatic hydroxyl groups is 1. The van der Waals surface area contributed by atoms with Crippen LogP contribution in [-0.2, 0) is 16.1 Å². The van der Waals surface area contributed by atoms with E-state index in [1.165, 1.54) is 0 Å².